The van der Waals surface area contributed by atoms with Gasteiger partial charge in [-0.15, -0.1) is 0 Å². The van der Waals surface area contributed by atoms with Gasteiger partial charge in [0.1, 0.15) is 24.0 Å². The van der Waals surface area contributed by atoms with Gasteiger partial charge in [-0.05, 0) is 30.3 Å². The standard InChI is InChI=1S/C18H17F2NO4S/c1-26(23,24)11-10-25-14-5-2-4-13(12-14)21-18(22)9-8-15-16(19)6-3-7-17(15)20/h2-9,12H,10-11H2,1H3,(H,21,22)/b9-8+. The number of nitrogens with one attached hydrogen (secondary N) is 1. The molecular weight excluding hydrogens is 364 g/mol. The van der Waals surface area contributed by atoms with Crippen LogP contribution in [0.2, 0.25) is 0 Å². The van der Waals surface area contributed by atoms with Crippen molar-refractivity contribution < 1.29 is 26.7 Å². The van der Waals surface area contributed by atoms with Gasteiger partial charge in [-0.2, -0.15) is 0 Å². The van der Waals surface area contributed by atoms with E-state index in [-0.39, 0.29) is 17.9 Å². The first-order valence-electron chi connectivity index (χ1n) is 7.58. The molecule has 0 aromatic heterocycles. The molecule has 0 saturated carbocycles. The first-order chi connectivity index (χ1) is 12.2. The molecular formula is C18H17F2NO4S. The Morgan fingerprint density at radius 1 is 1.15 bits per heavy atom. The summed E-state index contributed by atoms with van der Waals surface area (Å²) >= 11 is 0. The zero-order valence-electron chi connectivity index (χ0n) is 13.9. The van der Waals surface area contributed by atoms with Crippen molar-refractivity contribution in [3.05, 3.63) is 65.7 Å². The number of benzene rings is 2. The first kappa shape index (κ1) is 19.6. The fraction of sp³-hybridized carbons (Fsp3) is 0.167. The minimum atomic E-state index is -3.13. The van der Waals surface area contributed by atoms with E-state index < -0.39 is 27.4 Å². The van der Waals surface area contributed by atoms with Crippen LogP contribution >= 0.6 is 0 Å². The average Bonchev–Trinajstić information content (AvgIpc) is 2.53. The summed E-state index contributed by atoms with van der Waals surface area (Å²) in [5.41, 5.74) is 0.0889. The van der Waals surface area contributed by atoms with Gasteiger partial charge in [-0.25, -0.2) is 17.2 Å². The minimum absolute atomic E-state index is 0.0112. The van der Waals surface area contributed by atoms with Crippen LogP contribution < -0.4 is 10.1 Å². The number of carbonyl (C=O) groups excluding carboxylic acids is 1. The summed E-state index contributed by atoms with van der Waals surface area (Å²) in [5, 5.41) is 2.53. The summed E-state index contributed by atoms with van der Waals surface area (Å²) in [4.78, 5) is 11.9. The van der Waals surface area contributed by atoms with Gasteiger partial charge in [0.25, 0.3) is 0 Å². The fourth-order valence-corrected chi connectivity index (χ4v) is 2.37. The van der Waals surface area contributed by atoms with E-state index in [1.807, 2.05) is 0 Å². The third-order valence-corrected chi connectivity index (χ3v) is 4.13. The van der Waals surface area contributed by atoms with Crippen LogP contribution in [0.25, 0.3) is 6.08 Å². The molecule has 2 aromatic rings. The number of ether oxygens (including phenoxy) is 1. The molecule has 1 N–H and O–H groups in total. The van der Waals surface area contributed by atoms with E-state index in [4.69, 9.17) is 4.74 Å². The zero-order chi connectivity index (χ0) is 19.2. The summed E-state index contributed by atoms with van der Waals surface area (Å²) in [7, 11) is -3.13. The monoisotopic (exact) mass is 381 g/mol. The number of hydrogen-bond acceptors (Lipinski definition) is 4. The van der Waals surface area contributed by atoms with Gasteiger partial charge >= 0.3 is 0 Å². The highest BCUT2D eigenvalue weighted by Crippen LogP contribution is 2.18. The molecule has 0 aliphatic rings. The molecule has 0 spiro atoms. The molecule has 8 heteroatoms. The zero-order valence-corrected chi connectivity index (χ0v) is 14.7. The Bertz CT molecular complexity index is 906. The highest BCUT2D eigenvalue weighted by Gasteiger charge is 2.06. The number of halogens is 2. The van der Waals surface area contributed by atoms with Crippen LogP contribution in [-0.2, 0) is 14.6 Å². The molecule has 0 aliphatic carbocycles. The van der Waals surface area contributed by atoms with Crippen molar-refractivity contribution in [1.82, 2.24) is 0 Å². The molecule has 0 bridgehead atoms. The van der Waals surface area contributed by atoms with Crippen LogP contribution in [0, 0.1) is 11.6 Å². The molecule has 0 saturated heterocycles. The van der Waals surface area contributed by atoms with Crippen LogP contribution in [-0.4, -0.2) is 32.9 Å². The second-order valence-corrected chi connectivity index (χ2v) is 7.72. The van der Waals surface area contributed by atoms with Gasteiger partial charge in [0.05, 0.1) is 5.75 Å². The van der Waals surface area contributed by atoms with Gasteiger partial charge in [0.15, 0.2) is 9.84 Å². The highest BCUT2D eigenvalue weighted by molar-refractivity contribution is 7.90. The molecule has 0 heterocycles. The van der Waals surface area contributed by atoms with E-state index in [0.29, 0.717) is 11.4 Å². The third kappa shape index (κ3) is 6.29. The smallest absolute Gasteiger partial charge is 0.248 e. The SMILES string of the molecule is CS(=O)(=O)CCOc1cccc(NC(=O)/C=C/c2c(F)cccc2F)c1. The molecule has 2 rings (SSSR count). The Morgan fingerprint density at radius 3 is 2.46 bits per heavy atom. The number of sulfone groups is 1. The number of amides is 1. The van der Waals surface area contributed by atoms with E-state index >= 15 is 0 Å². The summed E-state index contributed by atoms with van der Waals surface area (Å²) in [5.74, 6) is -1.86. The molecule has 0 aliphatic heterocycles. The molecule has 0 radical (unpaired) electrons. The molecule has 0 fully saturated rings. The lowest BCUT2D eigenvalue weighted by Gasteiger charge is -2.08. The normalized spacial score (nSPS) is 11.5. The lowest BCUT2D eigenvalue weighted by Crippen LogP contribution is -2.12. The maximum Gasteiger partial charge on any atom is 0.248 e. The topological polar surface area (TPSA) is 72.5 Å². The molecule has 1 amide bonds. The summed E-state index contributed by atoms with van der Waals surface area (Å²) in [6, 6.07) is 9.76. The lowest BCUT2D eigenvalue weighted by atomic mass is 10.2. The Labute approximate surface area is 150 Å². The Hall–Kier alpha value is -2.74. The van der Waals surface area contributed by atoms with E-state index in [0.717, 1.165) is 30.5 Å². The minimum Gasteiger partial charge on any atom is -0.492 e. The second-order valence-electron chi connectivity index (χ2n) is 5.46. The Morgan fingerprint density at radius 2 is 1.81 bits per heavy atom. The van der Waals surface area contributed by atoms with Gasteiger partial charge in [0.2, 0.25) is 5.91 Å². The van der Waals surface area contributed by atoms with Crippen molar-refractivity contribution in [3.8, 4) is 5.75 Å². The van der Waals surface area contributed by atoms with E-state index in [2.05, 4.69) is 5.32 Å². The summed E-state index contributed by atoms with van der Waals surface area (Å²) in [6.45, 7) is -0.0112. The van der Waals surface area contributed by atoms with E-state index in [9.17, 15) is 22.0 Å². The fourth-order valence-electron chi connectivity index (χ4n) is 1.99. The van der Waals surface area contributed by atoms with Crippen molar-refractivity contribution >= 4 is 27.5 Å². The third-order valence-electron chi connectivity index (χ3n) is 3.23. The van der Waals surface area contributed by atoms with E-state index in [1.165, 1.54) is 12.1 Å². The average molecular weight is 381 g/mol. The number of anilines is 1. The quantitative estimate of drug-likeness (QED) is 0.749. The lowest BCUT2D eigenvalue weighted by molar-refractivity contribution is -0.111. The van der Waals surface area contributed by atoms with Gasteiger partial charge in [-0.1, -0.05) is 12.1 Å². The van der Waals surface area contributed by atoms with E-state index in [1.54, 1.807) is 18.2 Å². The molecule has 5 nitrogen and oxygen atoms in total. The second kappa shape index (κ2) is 8.57. The van der Waals surface area contributed by atoms with Gasteiger partial charge in [-0.3, -0.25) is 4.79 Å². The predicted molar refractivity (Wildman–Crippen MR) is 95.7 cm³/mol. The van der Waals surface area contributed by atoms with Gasteiger partial charge < -0.3 is 10.1 Å². The largest absolute Gasteiger partial charge is 0.492 e. The van der Waals surface area contributed by atoms with Crippen LogP contribution in [0.5, 0.6) is 5.75 Å². The van der Waals surface area contributed by atoms with Crippen LogP contribution in [0.4, 0.5) is 14.5 Å². The molecule has 0 atom stereocenters. The predicted octanol–water partition coefficient (Wildman–Crippen LogP) is 3.04. The van der Waals surface area contributed by atoms with Crippen LogP contribution in [0.3, 0.4) is 0 Å². The highest BCUT2D eigenvalue weighted by atomic mass is 32.2. The molecule has 26 heavy (non-hydrogen) atoms. The van der Waals surface area contributed by atoms with Crippen LogP contribution in [0.15, 0.2) is 48.5 Å². The number of hydrogen-bond donors (Lipinski definition) is 1. The van der Waals surface area contributed by atoms with Crippen molar-refractivity contribution in [2.75, 3.05) is 23.9 Å². The Kier molecular flexibility index (Phi) is 6.46. The van der Waals surface area contributed by atoms with Crippen molar-refractivity contribution in [2.45, 2.75) is 0 Å². The summed E-state index contributed by atoms with van der Waals surface area (Å²) in [6.07, 6.45) is 3.17. The maximum absolute atomic E-state index is 13.5. The van der Waals surface area contributed by atoms with Crippen molar-refractivity contribution in [2.24, 2.45) is 0 Å². The van der Waals surface area contributed by atoms with Crippen molar-refractivity contribution in [1.29, 1.82) is 0 Å². The maximum atomic E-state index is 13.5. The number of carbonyl (C=O) groups is 1. The van der Waals surface area contributed by atoms with Gasteiger partial charge in [0, 0.05) is 29.6 Å². The van der Waals surface area contributed by atoms with Crippen LogP contribution in [0.1, 0.15) is 5.56 Å². The molecule has 0 unspecified atom stereocenters. The Balaban J connectivity index is 1.99. The summed E-state index contributed by atoms with van der Waals surface area (Å²) < 4.78 is 54.5. The molecule has 138 valence electrons. The van der Waals surface area contributed by atoms with Crippen molar-refractivity contribution in [3.63, 3.8) is 0 Å². The molecule has 2 aromatic carbocycles. The number of rotatable bonds is 7. The first-order valence-corrected chi connectivity index (χ1v) is 9.64.